The van der Waals surface area contributed by atoms with E-state index >= 15 is 0 Å². The number of rotatable bonds is 5. The van der Waals surface area contributed by atoms with Crippen molar-refractivity contribution in [1.29, 1.82) is 0 Å². The molecule has 0 aromatic heterocycles. The molecule has 0 aromatic rings. The van der Waals surface area contributed by atoms with E-state index in [2.05, 4.69) is 0 Å². The van der Waals surface area contributed by atoms with Gasteiger partial charge >= 0.3 is 5.97 Å². The Morgan fingerprint density at radius 3 is 2.10 bits per heavy atom. The number of carboxylic acid groups (broad SMARTS) is 1. The molecule has 114 valence electrons. The topological polar surface area (TPSA) is 74.7 Å². The molecule has 1 N–H and O–H groups in total. The lowest BCUT2D eigenvalue weighted by Gasteiger charge is -2.37. The molecule has 0 aromatic carbocycles. The third-order valence-corrected chi connectivity index (χ3v) is 4.46. The molecule has 0 saturated carbocycles. The third-order valence-electron chi connectivity index (χ3n) is 4.46. The second kappa shape index (κ2) is 5.54. The van der Waals surface area contributed by atoms with E-state index in [9.17, 15) is 14.4 Å². The normalized spacial score (nSPS) is 20.4. The number of amides is 2. The van der Waals surface area contributed by atoms with E-state index in [0.29, 0.717) is 12.8 Å². The zero-order chi connectivity index (χ0) is 15.7. The van der Waals surface area contributed by atoms with Crippen LogP contribution in [0, 0.1) is 10.8 Å². The zero-order valence-corrected chi connectivity index (χ0v) is 13.0. The maximum Gasteiger partial charge on any atom is 0.305 e. The van der Waals surface area contributed by atoms with Crippen LogP contribution in [-0.2, 0) is 14.4 Å². The maximum absolute atomic E-state index is 12.7. The number of carbonyl (C=O) groups is 3. The van der Waals surface area contributed by atoms with Crippen LogP contribution in [0.5, 0.6) is 0 Å². The fourth-order valence-corrected chi connectivity index (χ4v) is 2.89. The maximum atomic E-state index is 12.7. The van der Waals surface area contributed by atoms with Crippen molar-refractivity contribution in [3.05, 3.63) is 0 Å². The van der Waals surface area contributed by atoms with Gasteiger partial charge in [-0.25, -0.2) is 0 Å². The number of aliphatic carboxylic acids is 1. The molecule has 1 heterocycles. The molecule has 5 heteroatoms. The van der Waals surface area contributed by atoms with E-state index in [4.69, 9.17) is 5.11 Å². The molecule has 0 radical (unpaired) electrons. The van der Waals surface area contributed by atoms with Gasteiger partial charge in [-0.05, 0) is 18.3 Å². The van der Waals surface area contributed by atoms with Crippen molar-refractivity contribution in [3.8, 4) is 0 Å². The summed E-state index contributed by atoms with van der Waals surface area (Å²) in [6.07, 6.45) is 1.21. The highest BCUT2D eigenvalue weighted by Crippen LogP contribution is 2.43. The number of carboxylic acids is 1. The number of hydrogen-bond acceptors (Lipinski definition) is 3. The average Bonchev–Trinajstić information content (AvgIpc) is 2.57. The van der Waals surface area contributed by atoms with Gasteiger partial charge in [0.1, 0.15) is 0 Å². The summed E-state index contributed by atoms with van der Waals surface area (Å²) in [4.78, 5) is 37.3. The Morgan fingerprint density at radius 1 is 1.30 bits per heavy atom. The summed E-state index contributed by atoms with van der Waals surface area (Å²) in [7, 11) is 0. The lowest BCUT2D eigenvalue weighted by atomic mass is 9.80. The summed E-state index contributed by atoms with van der Waals surface area (Å²) < 4.78 is 0. The van der Waals surface area contributed by atoms with Crippen LogP contribution in [0.1, 0.15) is 60.3 Å². The van der Waals surface area contributed by atoms with Gasteiger partial charge in [-0.1, -0.05) is 34.6 Å². The van der Waals surface area contributed by atoms with Crippen molar-refractivity contribution in [2.24, 2.45) is 10.8 Å². The van der Waals surface area contributed by atoms with E-state index < -0.39 is 22.8 Å². The highest BCUT2D eigenvalue weighted by molar-refractivity contribution is 6.06. The molecule has 1 unspecified atom stereocenters. The fourth-order valence-electron chi connectivity index (χ4n) is 2.89. The van der Waals surface area contributed by atoms with E-state index in [-0.39, 0.29) is 24.7 Å². The second-order valence-electron chi connectivity index (χ2n) is 6.71. The lowest BCUT2D eigenvalue weighted by Crippen LogP contribution is -2.49. The Morgan fingerprint density at radius 2 is 1.80 bits per heavy atom. The molecular weight excluding hydrogens is 258 g/mol. The first-order chi connectivity index (χ1) is 9.09. The zero-order valence-electron chi connectivity index (χ0n) is 13.0. The summed E-state index contributed by atoms with van der Waals surface area (Å²) in [5.74, 6) is -1.43. The van der Waals surface area contributed by atoms with Crippen LogP contribution in [0.4, 0.5) is 0 Å². The molecule has 2 amide bonds. The van der Waals surface area contributed by atoms with E-state index in [1.54, 1.807) is 0 Å². The molecule has 1 aliphatic rings. The minimum atomic E-state index is -0.990. The molecule has 0 spiro atoms. The van der Waals surface area contributed by atoms with Crippen molar-refractivity contribution >= 4 is 17.8 Å². The van der Waals surface area contributed by atoms with Gasteiger partial charge in [0.15, 0.2) is 0 Å². The fraction of sp³-hybridized carbons (Fsp3) is 0.800. The van der Waals surface area contributed by atoms with Crippen LogP contribution in [0.25, 0.3) is 0 Å². The van der Waals surface area contributed by atoms with Gasteiger partial charge in [-0.2, -0.15) is 0 Å². The Kier molecular flexibility index (Phi) is 4.62. The van der Waals surface area contributed by atoms with Gasteiger partial charge in [-0.3, -0.25) is 19.3 Å². The van der Waals surface area contributed by atoms with E-state index in [0.717, 1.165) is 0 Å². The summed E-state index contributed by atoms with van der Waals surface area (Å²) in [6, 6.07) is -0.597. The van der Waals surface area contributed by atoms with E-state index in [1.807, 2.05) is 34.6 Å². The largest absolute Gasteiger partial charge is 0.481 e. The molecule has 1 fully saturated rings. The van der Waals surface area contributed by atoms with Gasteiger partial charge in [-0.15, -0.1) is 0 Å². The number of nitrogens with zero attached hydrogens (tertiary/aromatic N) is 1. The van der Waals surface area contributed by atoms with Crippen LogP contribution in [-0.4, -0.2) is 33.8 Å². The molecule has 20 heavy (non-hydrogen) atoms. The van der Waals surface area contributed by atoms with Gasteiger partial charge in [0.25, 0.3) is 0 Å². The lowest BCUT2D eigenvalue weighted by molar-refractivity contribution is -0.150. The minimum Gasteiger partial charge on any atom is -0.481 e. The standard InChI is InChI=1S/C15H25NO4/c1-6-15(7-2)9-11(17)16(13(15)20)10(8-12(18)19)14(3,4)5/h10H,6-9H2,1-5H3,(H,18,19). The number of likely N-dealkylation sites (tertiary alicyclic amines) is 1. The van der Waals surface area contributed by atoms with Crippen LogP contribution >= 0.6 is 0 Å². The SMILES string of the molecule is CCC1(CC)CC(=O)N(C(CC(=O)O)C(C)(C)C)C1=O. The highest BCUT2D eigenvalue weighted by atomic mass is 16.4. The summed E-state index contributed by atoms with van der Waals surface area (Å²) in [5.41, 5.74) is -1.10. The number of hydrogen-bond donors (Lipinski definition) is 1. The first-order valence-electron chi connectivity index (χ1n) is 7.17. The molecule has 0 aliphatic carbocycles. The predicted molar refractivity (Wildman–Crippen MR) is 75.0 cm³/mol. The van der Waals surface area contributed by atoms with Crippen LogP contribution in [0.2, 0.25) is 0 Å². The Hall–Kier alpha value is -1.39. The Labute approximate surface area is 120 Å². The van der Waals surface area contributed by atoms with Crippen LogP contribution in [0.15, 0.2) is 0 Å². The summed E-state index contributed by atoms with van der Waals surface area (Å²) in [6.45, 7) is 9.39. The van der Waals surface area contributed by atoms with Gasteiger partial charge in [0.2, 0.25) is 11.8 Å². The summed E-state index contributed by atoms with van der Waals surface area (Å²) in [5, 5.41) is 9.08. The van der Waals surface area contributed by atoms with Crippen molar-refractivity contribution in [2.45, 2.75) is 66.3 Å². The minimum absolute atomic E-state index is 0.199. The molecule has 1 aliphatic heterocycles. The molecule has 5 nitrogen and oxygen atoms in total. The number of carbonyl (C=O) groups excluding carboxylic acids is 2. The molecular formula is C15H25NO4. The predicted octanol–water partition coefficient (Wildman–Crippen LogP) is 2.44. The van der Waals surface area contributed by atoms with E-state index in [1.165, 1.54) is 4.90 Å². The Bertz CT molecular complexity index is 418. The quantitative estimate of drug-likeness (QED) is 0.786. The van der Waals surface area contributed by atoms with Crippen molar-refractivity contribution in [1.82, 2.24) is 4.90 Å². The molecule has 1 atom stereocenters. The van der Waals surface area contributed by atoms with Crippen molar-refractivity contribution in [2.75, 3.05) is 0 Å². The number of imide groups is 1. The van der Waals surface area contributed by atoms with Crippen molar-refractivity contribution in [3.63, 3.8) is 0 Å². The second-order valence-corrected chi connectivity index (χ2v) is 6.71. The molecule has 0 bridgehead atoms. The molecule has 1 saturated heterocycles. The van der Waals surface area contributed by atoms with Crippen molar-refractivity contribution < 1.29 is 19.5 Å². The Balaban J connectivity index is 3.18. The smallest absolute Gasteiger partial charge is 0.305 e. The first kappa shape index (κ1) is 16.7. The van der Waals surface area contributed by atoms with Gasteiger partial charge in [0.05, 0.1) is 17.9 Å². The first-order valence-corrected chi connectivity index (χ1v) is 7.17. The molecule has 1 rings (SSSR count). The third kappa shape index (κ3) is 2.86. The monoisotopic (exact) mass is 283 g/mol. The van der Waals surface area contributed by atoms with Crippen LogP contribution < -0.4 is 0 Å². The van der Waals surface area contributed by atoms with Crippen LogP contribution in [0.3, 0.4) is 0 Å². The van der Waals surface area contributed by atoms with Gasteiger partial charge < -0.3 is 5.11 Å². The summed E-state index contributed by atoms with van der Waals surface area (Å²) >= 11 is 0. The average molecular weight is 283 g/mol. The highest BCUT2D eigenvalue weighted by Gasteiger charge is 2.53. The van der Waals surface area contributed by atoms with Gasteiger partial charge in [0, 0.05) is 6.42 Å².